The van der Waals surface area contributed by atoms with Gasteiger partial charge in [0.2, 0.25) is 0 Å². The third-order valence-electron chi connectivity index (χ3n) is 2.25. The molecule has 0 aliphatic rings. The van der Waals surface area contributed by atoms with E-state index in [1.165, 1.54) is 0 Å². The van der Waals surface area contributed by atoms with Crippen LogP contribution in [0, 0.1) is 0 Å². The van der Waals surface area contributed by atoms with Gasteiger partial charge >= 0.3 is 7.73 Å². The van der Waals surface area contributed by atoms with Gasteiger partial charge in [0, 0.05) is 11.1 Å². The number of aromatic hydroxyl groups is 1. The van der Waals surface area contributed by atoms with Crippen molar-refractivity contribution >= 4 is 19.0 Å². The number of para-hydroxylation sites is 2. The zero-order valence-electron chi connectivity index (χ0n) is 8.75. The van der Waals surface area contributed by atoms with Crippen LogP contribution < -0.4 is 4.52 Å². The lowest BCUT2D eigenvalue weighted by atomic mass is 10.0. The highest BCUT2D eigenvalue weighted by Gasteiger charge is 2.11. The summed E-state index contributed by atoms with van der Waals surface area (Å²) in [5.41, 5.74) is 1.32. The fourth-order valence-corrected chi connectivity index (χ4v) is 2.10. The first kappa shape index (κ1) is 12.2. The van der Waals surface area contributed by atoms with Gasteiger partial charge in [-0.25, -0.2) is 0 Å². The van der Waals surface area contributed by atoms with Gasteiger partial charge in [-0.1, -0.05) is 36.4 Å². The lowest BCUT2D eigenvalue weighted by Crippen LogP contribution is -1.86. The highest BCUT2D eigenvalue weighted by atomic mass is 35.7. The van der Waals surface area contributed by atoms with Crippen LogP contribution in [0.2, 0.25) is 0 Å². The fourth-order valence-electron chi connectivity index (χ4n) is 1.55. The predicted octanol–water partition coefficient (Wildman–Crippen LogP) is 3.90. The van der Waals surface area contributed by atoms with Crippen LogP contribution in [0.5, 0.6) is 11.5 Å². The number of benzene rings is 2. The van der Waals surface area contributed by atoms with E-state index < -0.39 is 7.73 Å². The summed E-state index contributed by atoms with van der Waals surface area (Å²) in [5, 5.41) is 9.78. The molecule has 5 heteroatoms. The normalized spacial score (nSPS) is 12.1. The molecule has 0 aliphatic heterocycles. The summed E-state index contributed by atoms with van der Waals surface area (Å²) in [5.74, 6) is 0.595. The molecular formula is C12H10ClO3P. The lowest BCUT2D eigenvalue weighted by Gasteiger charge is -2.11. The molecule has 2 aromatic carbocycles. The quantitative estimate of drug-likeness (QED) is 0.830. The van der Waals surface area contributed by atoms with Gasteiger partial charge in [-0.2, -0.15) is 0 Å². The van der Waals surface area contributed by atoms with Crippen molar-refractivity contribution in [2.24, 2.45) is 0 Å². The second-order valence-electron chi connectivity index (χ2n) is 3.33. The Morgan fingerprint density at radius 2 is 1.53 bits per heavy atom. The second-order valence-corrected chi connectivity index (χ2v) is 4.83. The summed E-state index contributed by atoms with van der Waals surface area (Å²) < 4.78 is 5.13. The van der Waals surface area contributed by atoms with E-state index in [1.54, 1.807) is 36.4 Å². The van der Waals surface area contributed by atoms with Gasteiger partial charge in [-0.15, -0.1) is 0 Å². The monoisotopic (exact) mass is 268 g/mol. The SMILES string of the molecule is Oc1ccccc1-c1ccccc1OP(O)Cl. The first-order valence-corrected chi connectivity index (χ1v) is 7.00. The summed E-state index contributed by atoms with van der Waals surface area (Å²) >= 11 is 5.45. The summed E-state index contributed by atoms with van der Waals surface area (Å²) in [4.78, 5) is 9.09. The number of rotatable bonds is 3. The van der Waals surface area contributed by atoms with Crippen molar-refractivity contribution in [2.75, 3.05) is 0 Å². The molecule has 0 spiro atoms. The van der Waals surface area contributed by atoms with Gasteiger partial charge in [0.15, 0.2) is 0 Å². The van der Waals surface area contributed by atoms with Gasteiger partial charge in [-0.3, -0.25) is 0 Å². The van der Waals surface area contributed by atoms with Crippen LogP contribution in [-0.4, -0.2) is 10.00 Å². The van der Waals surface area contributed by atoms with Crippen molar-refractivity contribution in [3.05, 3.63) is 48.5 Å². The third-order valence-corrected chi connectivity index (χ3v) is 2.81. The molecule has 2 N–H and O–H groups in total. The molecular weight excluding hydrogens is 259 g/mol. The van der Waals surface area contributed by atoms with Crippen LogP contribution in [0.4, 0.5) is 0 Å². The van der Waals surface area contributed by atoms with Crippen LogP contribution in [0.15, 0.2) is 48.5 Å². The van der Waals surface area contributed by atoms with Crippen LogP contribution >= 0.6 is 19.0 Å². The number of halogens is 1. The molecule has 2 rings (SSSR count). The van der Waals surface area contributed by atoms with E-state index in [-0.39, 0.29) is 5.75 Å². The molecule has 2 aromatic rings. The molecule has 3 nitrogen and oxygen atoms in total. The highest BCUT2D eigenvalue weighted by molar-refractivity contribution is 7.75. The summed E-state index contributed by atoms with van der Waals surface area (Å²) in [6, 6.07) is 14.0. The average Bonchev–Trinajstić information content (AvgIpc) is 2.30. The highest BCUT2D eigenvalue weighted by Crippen LogP contribution is 2.43. The second kappa shape index (κ2) is 5.37. The summed E-state index contributed by atoms with van der Waals surface area (Å²) in [7, 11) is -2.00. The Hall–Kier alpha value is -1.28. The zero-order valence-corrected chi connectivity index (χ0v) is 10.4. The zero-order chi connectivity index (χ0) is 12.3. The molecule has 0 bridgehead atoms. The fraction of sp³-hybridized carbons (Fsp3) is 0. The van der Waals surface area contributed by atoms with Gasteiger partial charge in [0.25, 0.3) is 0 Å². The first-order valence-electron chi connectivity index (χ1n) is 4.88. The Bertz CT molecular complexity index is 517. The number of phenols is 1. The molecule has 0 saturated heterocycles. The smallest absolute Gasteiger partial charge is 0.335 e. The number of phenolic OH excluding ortho intramolecular Hbond substituents is 1. The van der Waals surface area contributed by atoms with E-state index in [1.807, 2.05) is 12.1 Å². The summed E-state index contributed by atoms with van der Waals surface area (Å²) in [6.07, 6.45) is 0. The molecule has 1 atom stereocenters. The van der Waals surface area contributed by atoms with Gasteiger partial charge in [0.05, 0.1) is 0 Å². The van der Waals surface area contributed by atoms with Gasteiger partial charge < -0.3 is 14.5 Å². The van der Waals surface area contributed by atoms with Crippen molar-refractivity contribution in [3.8, 4) is 22.6 Å². The molecule has 0 amide bonds. The minimum atomic E-state index is -2.00. The van der Waals surface area contributed by atoms with Crippen LogP contribution in [0.1, 0.15) is 0 Å². The number of hydrogen-bond donors (Lipinski definition) is 2. The van der Waals surface area contributed by atoms with Crippen molar-refractivity contribution < 1.29 is 14.5 Å². The third kappa shape index (κ3) is 2.89. The summed E-state index contributed by atoms with van der Waals surface area (Å²) in [6.45, 7) is 0. The molecule has 1 unspecified atom stereocenters. The maximum Gasteiger partial charge on any atom is 0.335 e. The van der Waals surface area contributed by atoms with Gasteiger partial charge in [-0.05, 0) is 23.4 Å². The lowest BCUT2D eigenvalue weighted by molar-refractivity contribution is 0.476. The Labute approximate surface area is 105 Å². The molecule has 88 valence electrons. The molecule has 0 fully saturated rings. The van der Waals surface area contributed by atoms with E-state index in [9.17, 15) is 5.11 Å². The van der Waals surface area contributed by atoms with E-state index in [0.29, 0.717) is 16.9 Å². The van der Waals surface area contributed by atoms with E-state index in [0.717, 1.165) is 0 Å². The van der Waals surface area contributed by atoms with Crippen LogP contribution in [-0.2, 0) is 0 Å². The van der Waals surface area contributed by atoms with Crippen LogP contribution in [0.3, 0.4) is 0 Å². The molecule has 0 radical (unpaired) electrons. The van der Waals surface area contributed by atoms with Crippen molar-refractivity contribution in [2.45, 2.75) is 0 Å². The molecule has 0 aliphatic carbocycles. The standard InChI is InChI=1S/C12H10ClO3P/c13-17(15)16-12-8-4-2-6-10(12)9-5-1-3-7-11(9)14/h1-8,14-15H. The Balaban J connectivity index is 2.48. The molecule has 0 aromatic heterocycles. The largest absolute Gasteiger partial charge is 0.507 e. The maximum atomic E-state index is 9.78. The van der Waals surface area contributed by atoms with Gasteiger partial charge in [0.1, 0.15) is 11.5 Å². The predicted molar refractivity (Wildman–Crippen MR) is 69.2 cm³/mol. The minimum Gasteiger partial charge on any atom is -0.507 e. The maximum absolute atomic E-state index is 9.78. The van der Waals surface area contributed by atoms with Crippen LogP contribution in [0.25, 0.3) is 11.1 Å². The van der Waals surface area contributed by atoms with Crippen molar-refractivity contribution in [1.82, 2.24) is 0 Å². The Morgan fingerprint density at radius 3 is 2.18 bits per heavy atom. The Kier molecular flexibility index (Phi) is 3.85. The average molecular weight is 269 g/mol. The minimum absolute atomic E-state index is 0.153. The Morgan fingerprint density at radius 1 is 0.941 bits per heavy atom. The topological polar surface area (TPSA) is 49.7 Å². The van der Waals surface area contributed by atoms with E-state index in [2.05, 4.69) is 0 Å². The van der Waals surface area contributed by atoms with E-state index in [4.69, 9.17) is 20.7 Å². The first-order chi connectivity index (χ1) is 8.18. The molecule has 0 heterocycles. The molecule has 0 saturated carbocycles. The van der Waals surface area contributed by atoms with Crippen molar-refractivity contribution in [1.29, 1.82) is 0 Å². The number of hydrogen-bond acceptors (Lipinski definition) is 3. The van der Waals surface area contributed by atoms with Crippen molar-refractivity contribution in [3.63, 3.8) is 0 Å². The van der Waals surface area contributed by atoms with E-state index >= 15 is 0 Å². The molecule has 17 heavy (non-hydrogen) atoms.